The van der Waals surface area contributed by atoms with Crippen LogP contribution in [0.15, 0.2) is 0 Å². The van der Waals surface area contributed by atoms with Crippen molar-refractivity contribution >= 4 is 5.91 Å². The fourth-order valence-corrected chi connectivity index (χ4v) is 1.52. The Morgan fingerprint density at radius 1 is 1.40 bits per heavy atom. The number of likely N-dealkylation sites (N-methyl/N-ethyl adjacent to an activating group) is 1. The SMILES string of the molecule is CCNC(C)(CCCCOCC)C(N)=O. The largest absolute Gasteiger partial charge is 0.382 e. The van der Waals surface area contributed by atoms with Gasteiger partial charge in [0.2, 0.25) is 5.91 Å². The van der Waals surface area contributed by atoms with Gasteiger partial charge in [0.25, 0.3) is 0 Å². The van der Waals surface area contributed by atoms with E-state index in [1.54, 1.807) is 0 Å². The molecule has 0 rings (SSSR count). The highest BCUT2D eigenvalue weighted by Gasteiger charge is 2.28. The van der Waals surface area contributed by atoms with E-state index in [-0.39, 0.29) is 5.91 Å². The third-order valence-electron chi connectivity index (χ3n) is 2.53. The maximum atomic E-state index is 11.3. The van der Waals surface area contributed by atoms with E-state index in [0.717, 1.165) is 39.0 Å². The number of unbranched alkanes of at least 4 members (excludes halogenated alkanes) is 1. The summed E-state index contributed by atoms with van der Waals surface area (Å²) in [7, 11) is 0. The summed E-state index contributed by atoms with van der Waals surface area (Å²) in [5, 5.41) is 3.13. The summed E-state index contributed by atoms with van der Waals surface area (Å²) in [6, 6.07) is 0. The number of hydrogen-bond acceptors (Lipinski definition) is 3. The van der Waals surface area contributed by atoms with E-state index in [9.17, 15) is 4.79 Å². The highest BCUT2D eigenvalue weighted by Crippen LogP contribution is 2.13. The molecule has 0 aromatic carbocycles. The molecule has 0 saturated heterocycles. The number of hydrogen-bond donors (Lipinski definition) is 2. The first-order chi connectivity index (χ1) is 7.06. The highest BCUT2D eigenvalue weighted by molar-refractivity contribution is 5.84. The van der Waals surface area contributed by atoms with Gasteiger partial charge in [0.15, 0.2) is 0 Å². The molecule has 1 amide bonds. The van der Waals surface area contributed by atoms with Crippen molar-refractivity contribution in [3.63, 3.8) is 0 Å². The van der Waals surface area contributed by atoms with E-state index in [1.165, 1.54) is 0 Å². The molecule has 4 nitrogen and oxygen atoms in total. The molecular weight excluding hydrogens is 192 g/mol. The molecule has 0 saturated carbocycles. The summed E-state index contributed by atoms with van der Waals surface area (Å²) < 4.78 is 5.23. The summed E-state index contributed by atoms with van der Waals surface area (Å²) >= 11 is 0. The van der Waals surface area contributed by atoms with Crippen LogP contribution >= 0.6 is 0 Å². The molecule has 0 aromatic rings. The van der Waals surface area contributed by atoms with Gasteiger partial charge in [-0.2, -0.15) is 0 Å². The van der Waals surface area contributed by atoms with Crippen LogP contribution in [0.5, 0.6) is 0 Å². The second kappa shape index (κ2) is 7.65. The fourth-order valence-electron chi connectivity index (χ4n) is 1.52. The predicted molar refractivity (Wildman–Crippen MR) is 61.6 cm³/mol. The maximum Gasteiger partial charge on any atom is 0.237 e. The molecule has 0 aromatic heterocycles. The van der Waals surface area contributed by atoms with Gasteiger partial charge in [0, 0.05) is 13.2 Å². The lowest BCUT2D eigenvalue weighted by molar-refractivity contribution is -0.124. The minimum atomic E-state index is -0.568. The van der Waals surface area contributed by atoms with Crippen LogP contribution in [0.4, 0.5) is 0 Å². The van der Waals surface area contributed by atoms with Crippen molar-refractivity contribution in [1.29, 1.82) is 0 Å². The van der Waals surface area contributed by atoms with E-state index >= 15 is 0 Å². The molecule has 15 heavy (non-hydrogen) atoms. The summed E-state index contributed by atoms with van der Waals surface area (Å²) in [5.41, 5.74) is 4.80. The lowest BCUT2D eigenvalue weighted by Crippen LogP contribution is -2.52. The number of amides is 1. The average molecular weight is 216 g/mol. The number of primary amides is 1. The van der Waals surface area contributed by atoms with Gasteiger partial charge < -0.3 is 15.8 Å². The lowest BCUT2D eigenvalue weighted by Gasteiger charge is -2.26. The molecule has 0 spiro atoms. The van der Waals surface area contributed by atoms with Gasteiger partial charge in [0.05, 0.1) is 5.54 Å². The summed E-state index contributed by atoms with van der Waals surface area (Å²) in [5.74, 6) is -0.277. The Hall–Kier alpha value is -0.610. The van der Waals surface area contributed by atoms with E-state index in [2.05, 4.69) is 5.32 Å². The molecule has 0 aliphatic carbocycles. The van der Waals surface area contributed by atoms with Crippen molar-refractivity contribution in [1.82, 2.24) is 5.32 Å². The Labute approximate surface area is 92.6 Å². The predicted octanol–water partition coefficient (Wildman–Crippen LogP) is 1.05. The molecular formula is C11H24N2O2. The fraction of sp³-hybridized carbons (Fsp3) is 0.909. The minimum absolute atomic E-state index is 0.277. The van der Waals surface area contributed by atoms with Gasteiger partial charge >= 0.3 is 0 Å². The van der Waals surface area contributed by atoms with Crippen molar-refractivity contribution in [3.05, 3.63) is 0 Å². The Bertz CT molecular complexity index is 185. The van der Waals surface area contributed by atoms with Gasteiger partial charge in [-0.1, -0.05) is 6.92 Å². The smallest absolute Gasteiger partial charge is 0.237 e. The van der Waals surface area contributed by atoms with Crippen LogP contribution < -0.4 is 11.1 Å². The zero-order chi connectivity index (χ0) is 11.7. The summed E-state index contributed by atoms with van der Waals surface area (Å²) in [6.07, 6.45) is 2.69. The number of carbonyl (C=O) groups excluding carboxylic acids is 1. The van der Waals surface area contributed by atoms with Crippen LogP contribution in [0, 0.1) is 0 Å². The quantitative estimate of drug-likeness (QED) is 0.566. The maximum absolute atomic E-state index is 11.3. The van der Waals surface area contributed by atoms with Crippen molar-refractivity contribution in [2.45, 2.75) is 45.6 Å². The number of nitrogens with two attached hydrogens (primary N) is 1. The number of carbonyl (C=O) groups is 1. The monoisotopic (exact) mass is 216 g/mol. The molecule has 0 radical (unpaired) electrons. The first-order valence-corrected chi connectivity index (χ1v) is 5.69. The highest BCUT2D eigenvalue weighted by atomic mass is 16.5. The van der Waals surface area contributed by atoms with Crippen LogP contribution in [-0.2, 0) is 9.53 Å². The minimum Gasteiger partial charge on any atom is -0.382 e. The van der Waals surface area contributed by atoms with Crippen LogP contribution in [0.2, 0.25) is 0 Å². The zero-order valence-electron chi connectivity index (χ0n) is 10.1. The third-order valence-corrected chi connectivity index (χ3v) is 2.53. The first kappa shape index (κ1) is 14.4. The van der Waals surface area contributed by atoms with Gasteiger partial charge in [0.1, 0.15) is 0 Å². The van der Waals surface area contributed by atoms with E-state index in [0.29, 0.717) is 0 Å². The van der Waals surface area contributed by atoms with E-state index < -0.39 is 5.54 Å². The first-order valence-electron chi connectivity index (χ1n) is 5.69. The van der Waals surface area contributed by atoms with Crippen LogP contribution in [0.1, 0.15) is 40.0 Å². The second-order valence-electron chi connectivity index (χ2n) is 3.88. The molecule has 0 heterocycles. The Balaban J connectivity index is 3.81. The van der Waals surface area contributed by atoms with E-state index in [1.807, 2.05) is 20.8 Å². The van der Waals surface area contributed by atoms with Crippen LogP contribution in [-0.4, -0.2) is 31.2 Å². The molecule has 1 atom stereocenters. The van der Waals surface area contributed by atoms with Gasteiger partial charge in [-0.15, -0.1) is 0 Å². The molecule has 0 aliphatic heterocycles. The summed E-state index contributed by atoms with van der Waals surface area (Å²) in [6.45, 7) is 8.08. The van der Waals surface area contributed by atoms with Crippen LogP contribution in [0.25, 0.3) is 0 Å². The Kier molecular flexibility index (Phi) is 7.34. The lowest BCUT2D eigenvalue weighted by atomic mass is 9.94. The average Bonchev–Trinajstić information content (AvgIpc) is 2.18. The van der Waals surface area contributed by atoms with Crippen molar-refractivity contribution in [2.75, 3.05) is 19.8 Å². The molecule has 3 N–H and O–H groups in total. The summed E-state index contributed by atoms with van der Waals surface area (Å²) in [4.78, 5) is 11.3. The van der Waals surface area contributed by atoms with Gasteiger partial charge in [-0.3, -0.25) is 4.79 Å². The van der Waals surface area contributed by atoms with Gasteiger partial charge in [-0.05, 0) is 39.7 Å². The number of nitrogens with one attached hydrogen (secondary N) is 1. The second-order valence-corrected chi connectivity index (χ2v) is 3.88. The molecule has 1 unspecified atom stereocenters. The molecule has 4 heteroatoms. The van der Waals surface area contributed by atoms with Crippen molar-refractivity contribution in [2.24, 2.45) is 5.73 Å². The van der Waals surface area contributed by atoms with Crippen molar-refractivity contribution < 1.29 is 9.53 Å². The van der Waals surface area contributed by atoms with E-state index in [4.69, 9.17) is 10.5 Å². The molecule has 90 valence electrons. The topological polar surface area (TPSA) is 64.3 Å². The number of ether oxygens (including phenoxy) is 1. The molecule has 0 aliphatic rings. The van der Waals surface area contributed by atoms with Gasteiger partial charge in [-0.25, -0.2) is 0 Å². The third kappa shape index (κ3) is 5.74. The number of rotatable bonds is 9. The Morgan fingerprint density at radius 2 is 2.07 bits per heavy atom. The Morgan fingerprint density at radius 3 is 2.53 bits per heavy atom. The standard InChI is InChI=1S/C11H24N2O2/c1-4-13-11(3,10(12)14)8-6-7-9-15-5-2/h13H,4-9H2,1-3H3,(H2,12,14). The normalized spacial score (nSPS) is 14.9. The molecule has 0 bridgehead atoms. The zero-order valence-corrected chi connectivity index (χ0v) is 10.1. The van der Waals surface area contributed by atoms with Crippen LogP contribution in [0.3, 0.4) is 0 Å². The van der Waals surface area contributed by atoms with Crippen molar-refractivity contribution in [3.8, 4) is 0 Å². The molecule has 0 fully saturated rings.